The topological polar surface area (TPSA) is 44.9 Å². The molecule has 0 saturated heterocycles. The third kappa shape index (κ3) is 3.82. The second kappa shape index (κ2) is 6.60. The average molecular weight is 332 g/mol. The molecule has 0 unspecified atom stereocenters. The van der Waals surface area contributed by atoms with E-state index in [9.17, 15) is 4.79 Å². The van der Waals surface area contributed by atoms with Gasteiger partial charge in [-0.05, 0) is 42.2 Å². The summed E-state index contributed by atoms with van der Waals surface area (Å²) in [5.41, 5.74) is 4.92. The van der Waals surface area contributed by atoms with Gasteiger partial charge in [0.05, 0.1) is 0 Å². The Morgan fingerprint density at radius 3 is 2.40 bits per heavy atom. The molecule has 1 heterocycles. The molecule has 3 aromatic rings. The molecular formula is C22H24N2O. The molecule has 1 aromatic heterocycles. The molecule has 0 spiro atoms. The standard InChI is InChI=1S/C22H24N2O/c1-15(13-16-14-23-20-8-6-5-7-19(16)20)21(25)24-18-11-9-17(10-12-18)22(2,3)4/h5-14,23H,1-4H3,(H,24,25)/b15-13+. The predicted octanol–water partition coefficient (Wildman–Crippen LogP) is 5.51. The van der Waals surface area contributed by atoms with E-state index in [1.165, 1.54) is 5.56 Å². The second-order valence-electron chi connectivity index (χ2n) is 7.40. The van der Waals surface area contributed by atoms with E-state index >= 15 is 0 Å². The van der Waals surface area contributed by atoms with Gasteiger partial charge >= 0.3 is 0 Å². The lowest BCUT2D eigenvalue weighted by molar-refractivity contribution is -0.112. The summed E-state index contributed by atoms with van der Waals surface area (Å²) in [5.74, 6) is -0.0891. The summed E-state index contributed by atoms with van der Waals surface area (Å²) in [7, 11) is 0. The van der Waals surface area contributed by atoms with E-state index in [-0.39, 0.29) is 11.3 Å². The van der Waals surface area contributed by atoms with Gasteiger partial charge in [0.25, 0.3) is 5.91 Å². The van der Waals surface area contributed by atoms with E-state index in [4.69, 9.17) is 0 Å². The zero-order chi connectivity index (χ0) is 18.0. The van der Waals surface area contributed by atoms with Crippen LogP contribution in [0.4, 0.5) is 5.69 Å². The summed E-state index contributed by atoms with van der Waals surface area (Å²) in [6.07, 6.45) is 3.84. The Kier molecular flexibility index (Phi) is 4.49. The zero-order valence-corrected chi connectivity index (χ0v) is 15.2. The van der Waals surface area contributed by atoms with E-state index in [1.807, 2.05) is 55.6 Å². The number of benzene rings is 2. The highest BCUT2D eigenvalue weighted by Crippen LogP contribution is 2.24. The van der Waals surface area contributed by atoms with Crippen LogP contribution in [0.1, 0.15) is 38.8 Å². The molecule has 3 nitrogen and oxygen atoms in total. The van der Waals surface area contributed by atoms with Gasteiger partial charge in [-0.25, -0.2) is 0 Å². The van der Waals surface area contributed by atoms with Crippen LogP contribution in [-0.2, 0) is 10.2 Å². The Hall–Kier alpha value is -2.81. The van der Waals surface area contributed by atoms with Gasteiger partial charge in [-0.1, -0.05) is 51.1 Å². The summed E-state index contributed by atoms with van der Waals surface area (Å²) in [4.78, 5) is 15.7. The normalized spacial score (nSPS) is 12.4. The largest absolute Gasteiger partial charge is 0.361 e. The zero-order valence-electron chi connectivity index (χ0n) is 15.2. The molecule has 3 heteroatoms. The molecule has 0 radical (unpaired) electrons. The Balaban J connectivity index is 1.76. The van der Waals surface area contributed by atoms with Gasteiger partial charge in [-0.15, -0.1) is 0 Å². The Bertz CT molecular complexity index is 925. The SMILES string of the molecule is C/C(=C\c1c[nH]c2ccccc12)C(=O)Nc1ccc(C(C)(C)C)cc1. The van der Waals surface area contributed by atoms with Crippen molar-refractivity contribution in [2.24, 2.45) is 0 Å². The highest BCUT2D eigenvalue weighted by Gasteiger charge is 2.13. The first kappa shape index (κ1) is 17.0. The molecule has 1 amide bonds. The number of carbonyl (C=O) groups is 1. The third-order valence-corrected chi connectivity index (χ3v) is 4.36. The number of aromatic nitrogens is 1. The van der Waals surface area contributed by atoms with Crippen molar-refractivity contribution in [2.75, 3.05) is 5.32 Å². The molecular weight excluding hydrogens is 308 g/mol. The van der Waals surface area contributed by atoms with Gasteiger partial charge < -0.3 is 10.3 Å². The van der Waals surface area contributed by atoms with Crippen LogP contribution < -0.4 is 5.32 Å². The molecule has 0 fully saturated rings. The maximum Gasteiger partial charge on any atom is 0.251 e. The van der Waals surface area contributed by atoms with Crippen LogP contribution >= 0.6 is 0 Å². The Labute approximate surface area is 148 Å². The number of nitrogens with one attached hydrogen (secondary N) is 2. The molecule has 0 bridgehead atoms. The van der Waals surface area contributed by atoms with Gasteiger partial charge in [-0.3, -0.25) is 4.79 Å². The number of rotatable bonds is 3. The number of carbonyl (C=O) groups excluding carboxylic acids is 1. The number of para-hydroxylation sites is 1. The van der Waals surface area contributed by atoms with Crippen LogP contribution in [0.15, 0.2) is 60.3 Å². The van der Waals surface area contributed by atoms with Gasteiger partial charge in [0.15, 0.2) is 0 Å². The lowest BCUT2D eigenvalue weighted by atomic mass is 9.87. The fourth-order valence-electron chi connectivity index (χ4n) is 2.80. The van der Waals surface area contributed by atoms with E-state index in [2.05, 4.69) is 43.2 Å². The number of hydrogen-bond donors (Lipinski definition) is 2. The fourth-order valence-corrected chi connectivity index (χ4v) is 2.80. The summed E-state index contributed by atoms with van der Waals surface area (Å²) < 4.78 is 0. The molecule has 0 saturated carbocycles. The van der Waals surface area contributed by atoms with Crippen molar-refractivity contribution < 1.29 is 4.79 Å². The number of fused-ring (bicyclic) bond motifs is 1. The van der Waals surface area contributed by atoms with Crippen molar-refractivity contribution in [2.45, 2.75) is 33.1 Å². The number of hydrogen-bond acceptors (Lipinski definition) is 1. The lowest BCUT2D eigenvalue weighted by Gasteiger charge is -2.19. The van der Waals surface area contributed by atoms with E-state index in [1.54, 1.807) is 0 Å². The van der Waals surface area contributed by atoms with Gasteiger partial charge in [0.2, 0.25) is 0 Å². The fraction of sp³-hybridized carbons (Fsp3) is 0.227. The van der Waals surface area contributed by atoms with Crippen molar-refractivity contribution in [1.29, 1.82) is 0 Å². The second-order valence-corrected chi connectivity index (χ2v) is 7.40. The molecule has 3 rings (SSSR count). The lowest BCUT2D eigenvalue weighted by Crippen LogP contribution is -2.14. The van der Waals surface area contributed by atoms with Gasteiger partial charge in [-0.2, -0.15) is 0 Å². The van der Waals surface area contributed by atoms with Crippen LogP contribution in [0.3, 0.4) is 0 Å². The van der Waals surface area contributed by atoms with Crippen LogP contribution in [0, 0.1) is 0 Å². The molecule has 2 aromatic carbocycles. The molecule has 2 N–H and O–H groups in total. The molecule has 0 aliphatic carbocycles. The van der Waals surface area contributed by atoms with Crippen molar-refractivity contribution in [3.8, 4) is 0 Å². The number of H-pyrrole nitrogens is 1. The van der Waals surface area contributed by atoms with E-state index in [0.29, 0.717) is 5.57 Å². The number of amides is 1. The van der Waals surface area contributed by atoms with E-state index in [0.717, 1.165) is 22.2 Å². The monoisotopic (exact) mass is 332 g/mol. The van der Waals surface area contributed by atoms with Crippen LogP contribution in [0.2, 0.25) is 0 Å². The highest BCUT2D eigenvalue weighted by atomic mass is 16.1. The quantitative estimate of drug-likeness (QED) is 0.611. The maximum atomic E-state index is 12.5. The minimum absolute atomic E-state index is 0.0891. The molecule has 25 heavy (non-hydrogen) atoms. The maximum absolute atomic E-state index is 12.5. The first-order valence-corrected chi connectivity index (χ1v) is 8.51. The Morgan fingerprint density at radius 1 is 1.04 bits per heavy atom. The number of aromatic amines is 1. The van der Waals surface area contributed by atoms with Gasteiger partial charge in [0.1, 0.15) is 0 Å². The van der Waals surface area contributed by atoms with E-state index < -0.39 is 0 Å². The number of anilines is 1. The van der Waals surface area contributed by atoms with Crippen molar-refractivity contribution >= 4 is 28.6 Å². The Morgan fingerprint density at radius 2 is 1.72 bits per heavy atom. The van der Waals surface area contributed by atoms with Crippen LogP contribution in [0.5, 0.6) is 0 Å². The van der Waals surface area contributed by atoms with Gasteiger partial charge in [0, 0.05) is 33.9 Å². The summed E-state index contributed by atoms with van der Waals surface area (Å²) in [6.45, 7) is 8.36. The first-order valence-electron chi connectivity index (χ1n) is 8.51. The van der Waals surface area contributed by atoms with Crippen LogP contribution in [0.25, 0.3) is 17.0 Å². The first-order chi connectivity index (χ1) is 11.8. The molecule has 0 aliphatic heterocycles. The minimum Gasteiger partial charge on any atom is -0.361 e. The summed E-state index contributed by atoms with van der Waals surface area (Å²) in [5, 5.41) is 4.08. The molecule has 128 valence electrons. The third-order valence-electron chi connectivity index (χ3n) is 4.36. The smallest absolute Gasteiger partial charge is 0.251 e. The van der Waals surface area contributed by atoms with Crippen molar-refractivity contribution in [1.82, 2.24) is 4.98 Å². The molecule has 0 atom stereocenters. The average Bonchev–Trinajstić information content (AvgIpc) is 2.97. The highest BCUT2D eigenvalue weighted by molar-refractivity contribution is 6.07. The van der Waals surface area contributed by atoms with Crippen LogP contribution in [-0.4, -0.2) is 10.9 Å². The summed E-state index contributed by atoms with van der Waals surface area (Å²) >= 11 is 0. The summed E-state index contributed by atoms with van der Waals surface area (Å²) in [6, 6.07) is 16.1. The van der Waals surface area contributed by atoms with Crippen molar-refractivity contribution in [3.63, 3.8) is 0 Å². The predicted molar refractivity (Wildman–Crippen MR) is 106 cm³/mol. The minimum atomic E-state index is -0.0891. The molecule has 0 aliphatic rings. The van der Waals surface area contributed by atoms with Crippen molar-refractivity contribution in [3.05, 3.63) is 71.4 Å².